The highest BCUT2D eigenvalue weighted by molar-refractivity contribution is 6.06. The number of aromatic nitrogens is 1. The van der Waals surface area contributed by atoms with Crippen molar-refractivity contribution in [3.8, 4) is 0 Å². The molecule has 0 unspecified atom stereocenters. The molecule has 0 bridgehead atoms. The molecule has 244 valence electrons. The van der Waals surface area contributed by atoms with Crippen LogP contribution in [0.5, 0.6) is 0 Å². The van der Waals surface area contributed by atoms with E-state index in [0.717, 1.165) is 11.1 Å². The zero-order chi connectivity index (χ0) is 34.3. The van der Waals surface area contributed by atoms with Crippen molar-refractivity contribution in [3.05, 3.63) is 144 Å². The number of pyridine rings is 1. The summed E-state index contributed by atoms with van der Waals surface area (Å²) < 4.78 is 5.12. The molecule has 48 heavy (non-hydrogen) atoms. The Hall–Kier alpha value is -6.69. The molecule has 0 atom stereocenters. The average molecular weight is 646 g/mol. The smallest absolute Gasteiger partial charge is 0.407 e. The Kier molecular flexibility index (Phi) is 12.2. The highest BCUT2D eigenvalue weighted by atomic mass is 16.5. The zero-order valence-electron chi connectivity index (χ0n) is 26.1. The van der Waals surface area contributed by atoms with Crippen LogP contribution in [-0.2, 0) is 22.7 Å². The summed E-state index contributed by atoms with van der Waals surface area (Å²) >= 11 is 0. The summed E-state index contributed by atoms with van der Waals surface area (Å²) in [5, 5.41) is 10.8. The summed E-state index contributed by atoms with van der Waals surface area (Å²) in [7, 11) is 0. The number of nitrogens with zero attached hydrogens (tertiary/aromatic N) is 1. The molecule has 4 aromatic carbocycles. The molecular weight excluding hydrogens is 610 g/mol. The van der Waals surface area contributed by atoms with Gasteiger partial charge >= 0.3 is 6.09 Å². The molecule has 0 aliphatic carbocycles. The Labute approximate surface area is 277 Å². The van der Waals surface area contributed by atoms with E-state index in [9.17, 15) is 19.2 Å². The molecule has 5 rings (SSSR count). The molecule has 0 radical (unpaired) electrons. The topological polar surface area (TPSA) is 191 Å². The van der Waals surface area contributed by atoms with E-state index in [1.165, 1.54) is 6.92 Å². The molecule has 4 amide bonds. The molecule has 0 saturated carbocycles. The summed E-state index contributed by atoms with van der Waals surface area (Å²) in [5.74, 6) is -0.662. The van der Waals surface area contributed by atoms with Gasteiger partial charge in [-0.15, -0.1) is 0 Å². The van der Waals surface area contributed by atoms with Crippen molar-refractivity contribution in [1.82, 2.24) is 10.3 Å². The van der Waals surface area contributed by atoms with E-state index in [-0.39, 0.29) is 24.3 Å². The van der Waals surface area contributed by atoms with Gasteiger partial charge in [0.2, 0.25) is 5.91 Å². The van der Waals surface area contributed by atoms with Crippen molar-refractivity contribution in [2.45, 2.75) is 20.1 Å². The van der Waals surface area contributed by atoms with Gasteiger partial charge in [0.25, 0.3) is 11.8 Å². The van der Waals surface area contributed by atoms with Crippen molar-refractivity contribution in [2.75, 3.05) is 27.4 Å². The van der Waals surface area contributed by atoms with Gasteiger partial charge in [-0.05, 0) is 72.3 Å². The SMILES string of the molecule is CC(=O)Nc1ccc(C(=O)Nc2ccccc2N)cc1.Nc1ccccc1NC(=O)c1ccc(CNC(=O)OCc2cccnc2)cc1. The van der Waals surface area contributed by atoms with Crippen LogP contribution in [-0.4, -0.2) is 28.8 Å². The maximum atomic E-state index is 12.3. The zero-order valence-corrected chi connectivity index (χ0v) is 26.1. The highest BCUT2D eigenvalue weighted by Gasteiger charge is 2.10. The van der Waals surface area contributed by atoms with Crippen LogP contribution >= 0.6 is 0 Å². The molecule has 1 aromatic heterocycles. The Morgan fingerprint density at radius 2 is 1.19 bits per heavy atom. The Morgan fingerprint density at radius 3 is 1.69 bits per heavy atom. The number of anilines is 5. The molecule has 12 nitrogen and oxygen atoms in total. The van der Waals surface area contributed by atoms with Crippen LogP contribution in [0.3, 0.4) is 0 Å². The number of para-hydroxylation sites is 4. The fourth-order valence-corrected chi connectivity index (χ4v) is 4.15. The molecule has 0 aliphatic heterocycles. The number of rotatable bonds is 9. The normalized spacial score (nSPS) is 10.0. The van der Waals surface area contributed by atoms with Crippen LogP contribution in [0.4, 0.5) is 33.2 Å². The van der Waals surface area contributed by atoms with E-state index < -0.39 is 6.09 Å². The molecule has 8 N–H and O–H groups in total. The third-order valence-corrected chi connectivity index (χ3v) is 6.63. The summed E-state index contributed by atoms with van der Waals surface area (Å²) in [6.07, 6.45) is 2.77. The van der Waals surface area contributed by atoms with E-state index in [4.69, 9.17) is 16.2 Å². The van der Waals surface area contributed by atoms with E-state index in [1.54, 1.807) is 116 Å². The predicted octanol–water partition coefficient (Wildman–Crippen LogP) is 5.82. The Morgan fingerprint density at radius 1 is 0.646 bits per heavy atom. The van der Waals surface area contributed by atoms with Crippen molar-refractivity contribution < 1.29 is 23.9 Å². The van der Waals surface area contributed by atoms with Gasteiger partial charge in [0.05, 0.1) is 22.7 Å². The second-order valence-electron chi connectivity index (χ2n) is 10.3. The summed E-state index contributed by atoms with van der Waals surface area (Å²) in [6, 6.07) is 31.2. The molecule has 0 fully saturated rings. The minimum Gasteiger partial charge on any atom is -0.445 e. The van der Waals surface area contributed by atoms with Crippen molar-refractivity contribution in [2.24, 2.45) is 0 Å². The number of alkyl carbamates (subject to hydrolysis) is 1. The average Bonchev–Trinajstić information content (AvgIpc) is 3.09. The lowest BCUT2D eigenvalue weighted by Gasteiger charge is -2.09. The summed E-state index contributed by atoms with van der Waals surface area (Å²) in [6.45, 7) is 1.87. The maximum Gasteiger partial charge on any atom is 0.407 e. The molecule has 12 heteroatoms. The standard InChI is InChI=1S/C21H20N4O3.C15H15N3O2/c22-18-5-1-2-6-19(18)25-20(26)17-9-7-15(8-10-17)13-24-21(27)28-14-16-4-3-11-23-12-16;1-10(19)17-12-8-6-11(7-9-12)15(20)18-14-5-3-2-4-13(14)16/h1-12H,13-14,22H2,(H,24,27)(H,25,26);2-9H,16H2,1H3,(H,17,19)(H,18,20). The third kappa shape index (κ3) is 10.7. The van der Waals surface area contributed by atoms with Crippen LogP contribution in [0.1, 0.15) is 38.8 Å². The van der Waals surface area contributed by atoms with Gasteiger partial charge in [0, 0.05) is 48.2 Å². The van der Waals surface area contributed by atoms with Gasteiger partial charge in [0.1, 0.15) is 6.61 Å². The first kappa shape index (κ1) is 34.2. The number of benzene rings is 4. The number of nitrogens with two attached hydrogens (primary N) is 2. The number of hydrogen-bond donors (Lipinski definition) is 6. The second kappa shape index (κ2) is 17.1. The first-order chi connectivity index (χ1) is 23.2. The van der Waals surface area contributed by atoms with Crippen LogP contribution in [0, 0.1) is 0 Å². The Balaban J connectivity index is 0.000000229. The number of carbonyl (C=O) groups is 4. The number of nitrogen functional groups attached to an aromatic ring is 2. The van der Waals surface area contributed by atoms with Gasteiger partial charge in [0.15, 0.2) is 0 Å². The lowest BCUT2D eigenvalue weighted by Crippen LogP contribution is -2.23. The summed E-state index contributed by atoms with van der Waals surface area (Å²) in [4.78, 5) is 51.0. The first-order valence-electron chi connectivity index (χ1n) is 14.8. The van der Waals surface area contributed by atoms with Crippen LogP contribution in [0.15, 0.2) is 122 Å². The molecule has 1 heterocycles. The number of carbonyl (C=O) groups excluding carboxylic acids is 4. The lowest BCUT2D eigenvalue weighted by molar-refractivity contribution is -0.114. The van der Waals surface area contributed by atoms with Crippen LogP contribution in [0.25, 0.3) is 0 Å². The van der Waals surface area contributed by atoms with Crippen LogP contribution < -0.4 is 32.7 Å². The van der Waals surface area contributed by atoms with Crippen molar-refractivity contribution >= 4 is 52.3 Å². The largest absolute Gasteiger partial charge is 0.445 e. The number of ether oxygens (including phenoxy) is 1. The van der Waals surface area contributed by atoms with Crippen LogP contribution in [0.2, 0.25) is 0 Å². The quantitative estimate of drug-likeness (QED) is 0.108. The fraction of sp³-hybridized carbons (Fsp3) is 0.0833. The maximum absolute atomic E-state index is 12.3. The molecule has 0 spiro atoms. The monoisotopic (exact) mass is 645 g/mol. The number of hydrogen-bond acceptors (Lipinski definition) is 8. The molecule has 0 saturated heterocycles. The van der Waals surface area contributed by atoms with E-state index in [2.05, 4.69) is 26.3 Å². The van der Waals surface area contributed by atoms with E-state index >= 15 is 0 Å². The van der Waals surface area contributed by atoms with Gasteiger partial charge < -0.3 is 37.5 Å². The van der Waals surface area contributed by atoms with Crippen molar-refractivity contribution in [3.63, 3.8) is 0 Å². The predicted molar refractivity (Wildman–Crippen MR) is 186 cm³/mol. The van der Waals surface area contributed by atoms with Crippen molar-refractivity contribution in [1.29, 1.82) is 0 Å². The number of amides is 4. The van der Waals surface area contributed by atoms with Gasteiger partial charge in [-0.2, -0.15) is 0 Å². The minimum atomic E-state index is -0.523. The molecule has 5 aromatic rings. The summed E-state index contributed by atoms with van der Waals surface area (Å²) in [5.41, 5.74) is 17.0. The Bertz CT molecular complexity index is 1850. The van der Waals surface area contributed by atoms with Gasteiger partial charge in [-0.25, -0.2) is 4.79 Å². The van der Waals surface area contributed by atoms with Gasteiger partial charge in [-0.1, -0.05) is 42.5 Å². The first-order valence-corrected chi connectivity index (χ1v) is 14.8. The third-order valence-electron chi connectivity index (χ3n) is 6.63. The molecule has 0 aliphatic rings. The molecular formula is C36H35N7O5. The number of nitrogens with one attached hydrogen (secondary N) is 4. The lowest BCUT2D eigenvalue weighted by atomic mass is 10.1. The second-order valence-corrected chi connectivity index (χ2v) is 10.3. The minimum absolute atomic E-state index is 0.153. The van der Waals surface area contributed by atoms with E-state index in [0.29, 0.717) is 46.1 Å². The highest BCUT2D eigenvalue weighted by Crippen LogP contribution is 2.19. The fourth-order valence-electron chi connectivity index (χ4n) is 4.15. The van der Waals surface area contributed by atoms with Gasteiger partial charge in [-0.3, -0.25) is 19.4 Å². The van der Waals surface area contributed by atoms with E-state index in [1.807, 2.05) is 6.07 Å².